The molecule has 0 aromatic carbocycles. The van der Waals surface area contributed by atoms with Gasteiger partial charge in [-0.15, -0.1) is 0 Å². The summed E-state index contributed by atoms with van der Waals surface area (Å²) >= 11 is 0. The highest BCUT2D eigenvalue weighted by atomic mass is 16.5. The zero-order chi connectivity index (χ0) is 19.2. The maximum Gasteiger partial charge on any atom is 0.236 e. The molecule has 1 aliphatic rings. The molecule has 0 atom stereocenters. The first-order valence-corrected chi connectivity index (χ1v) is 8.96. The molecule has 1 aliphatic heterocycles. The van der Waals surface area contributed by atoms with Gasteiger partial charge in [-0.25, -0.2) is 0 Å². The summed E-state index contributed by atoms with van der Waals surface area (Å²) in [7, 11) is 3.50. The quantitative estimate of drug-likeness (QED) is 0.719. The van der Waals surface area contributed by atoms with Gasteiger partial charge in [0.15, 0.2) is 0 Å². The predicted octanol–water partition coefficient (Wildman–Crippen LogP) is 0.297. The van der Waals surface area contributed by atoms with Crippen molar-refractivity contribution in [2.75, 3.05) is 46.8 Å². The number of likely N-dealkylation sites (N-methyl/N-ethyl adjacent to an activating group) is 1. The molecule has 1 fully saturated rings. The number of amides is 2. The summed E-state index contributed by atoms with van der Waals surface area (Å²) in [6.45, 7) is 3.07. The second-order valence-corrected chi connectivity index (χ2v) is 6.70. The van der Waals surface area contributed by atoms with Gasteiger partial charge >= 0.3 is 0 Å². The molecule has 0 bridgehead atoms. The summed E-state index contributed by atoms with van der Waals surface area (Å²) in [4.78, 5) is 38.0. The Labute approximate surface area is 158 Å². The summed E-state index contributed by atoms with van der Waals surface area (Å²) in [5.41, 5.74) is 0.780. The maximum atomic E-state index is 12.4. The van der Waals surface area contributed by atoms with Crippen LogP contribution in [0, 0.1) is 0 Å². The van der Waals surface area contributed by atoms with E-state index < -0.39 is 0 Å². The molecule has 0 saturated carbocycles. The lowest BCUT2D eigenvalue weighted by atomic mass is 10.2. The first-order chi connectivity index (χ1) is 13.0. The van der Waals surface area contributed by atoms with Crippen molar-refractivity contribution < 1.29 is 14.1 Å². The van der Waals surface area contributed by atoms with E-state index in [4.69, 9.17) is 4.52 Å². The SMILES string of the molecule is CN(C)C(=O)CN1CCN(C(=O)CCc2nc(-c3cccnc3)no2)CC1. The van der Waals surface area contributed by atoms with Crippen LogP contribution in [0.25, 0.3) is 11.4 Å². The van der Waals surface area contributed by atoms with Gasteiger partial charge in [-0.1, -0.05) is 5.16 Å². The third kappa shape index (κ3) is 5.10. The predicted molar refractivity (Wildman–Crippen MR) is 97.6 cm³/mol. The highest BCUT2D eigenvalue weighted by molar-refractivity contribution is 5.78. The average Bonchev–Trinajstić information content (AvgIpc) is 3.16. The number of hydrogen-bond acceptors (Lipinski definition) is 7. The Morgan fingerprint density at radius 3 is 2.67 bits per heavy atom. The largest absolute Gasteiger partial charge is 0.348 e. The third-order valence-corrected chi connectivity index (χ3v) is 4.52. The molecular weight excluding hydrogens is 348 g/mol. The molecular formula is C18H24N6O3. The lowest BCUT2D eigenvalue weighted by Crippen LogP contribution is -2.51. The Bertz CT molecular complexity index is 768. The van der Waals surface area contributed by atoms with Crippen molar-refractivity contribution in [1.82, 2.24) is 29.8 Å². The topological polar surface area (TPSA) is 95.7 Å². The van der Waals surface area contributed by atoms with Gasteiger partial charge < -0.3 is 14.3 Å². The molecule has 9 nitrogen and oxygen atoms in total. The lowest BCUT2D eigenvalue weighted by molar-refractivity contribution is -0.134. The third-order valence-electron chi connectivity index (χ3n) is 4.52. The van der Waals surface area contributed by atoms with Crippen LogP contribution in [0.5, 0.6) is 0 Å². The minimum atomic E-state index is 0.0645. The van der Waals surface area contributed by atoms with Gasteiger partial charge in [0.1, 0.15) is 0 Å². The van der Waals surface area contributed by atoms with Crippen LogP contribution in [0.4, 0.5) is 0 Å². The monoisotopic (exact) mass is 372 g/mol. The number of rotatable bonds is 6. The number of aryl methyl sites for hydroxylation is 1. The number of carbonyl (C=O) groups excluding carboxylic acids is 2. The van der Waals surface area contributed by atoms with Crippen molar-refractivity contribution in [2.45, 2.75) is 12.8 Å². The fourth-order valence-corrected chi connectivity index (χ4v) is 2.83. The minimum Gasteiger partial charge on any atom is -0.348 e. The summed E-state index contributed by atoms with van der Waals surface area (Å²) in [6.07, 6.45) is 4.08. The number of pyridine rings is 1. The Morgan fingerprint density at radius 1 is 1.22 bits per heavy atom. The molecule has 0 spiro atoms. The molecule has 0 unspecified atom stereocenters. The zero-order valence-corrected chi connectivity index (χ0v) is 15.7. The van der Waals surface area contributed by atoms with Crippen molar-refractivity contribution in [3.63, 3.8) is 0 Å². The van der Waals surface area contributed by atoms with Crippen molar-refractivity contribution >= 4 is 11.8 Å². The maximum absolute atomic E-state index is 12.4. The van der Waals surface area contributed by atoms with Gasteiger partial charge in [0.25, 0.3) is 0 Å². The van der Waals surface area contributed by atoms with Crippen molar-refractivity contribution in [1.29, 1.82) is 0 Å². The molecule has 2 aromatic heterocycles. The van der Waals surface area contributed by atoms with Crippen LogP contribution in [-0.2, 0) is 16.0 Å². The van der Waals surface area contributed by atoms with Crippen LogP contribution < -0.4 is 0 Å². The van der Waals surface area contributed by atoms with E-state index in [1.165, 1.54) is 0 Å². The Balaban J connectivity index is 1.44. The normalized spacial score (nSPS) is 15.0. The molecule has 1 saturated heterocycles. The number of nitrogens with zero attached hydrogens (tertiary/aromatic N) is 6. The molecule has 0 aliphatic carbocycles. The molecule has 27 heavy (non-hydrogen) atoms. The highest BCUT2D eigenvalue weighted by Gasteiger charge is 2.23. The Hall–Kier alpha value is -2.81. The standard InChI is InChI=1S/C18H24N6O3/c1-22(2)17(26)13-23-8-10-24(11-9-23)16(25)6-5-15-20-18(21-27-15)14-4-3-7-19-12-14/h3-4,7,12H,5-6,8-11,13H2,1-2H3. The van der Waals surface area contributed by atoms with Crippen LogP contribution in [0.3, 0.4) is 0 Å². The van der Waals surface area contributed by atoms with E-state index in [0.29, 0.717) is 57.3 Å². The van der Waals surface area contributed by atoms with Gasteiger partial charge in [0.05, 0.1) is 6.54 Å². The second kappa shape index (κ2) is 8.72. The fourth-order valence-electron chi connectivity index (χ4n) is 2.83. The first kappa shape index (κ1) is 19.0. The van der Waals surface area contributed by atoms with E-state index in [1.54, 1.807) is 37.5 Å². The van der Waals surface area contributed by atoms with Crippen LogP contribution in [-0.4, -0.2) is 88.5 Å². The molecule has 9 heteroatoms. The van der Waals surface area contributed by atoms with E-state index in [0.717, 1.165) is 5.56 Å². The zero-order valence-electron chi connectivity index (χ0n) is 15.7. The van der Waals surface area contributed by atoms with Crippen LogP contribution in [0.1, 0.15) is 12.3 Å². The van der Waals surface area contributed by atoms with E-state index in [9.17, 15) is 9.59 Å². The van der Waals surface area contributed by atoms with Gasteiger partial charge in [-0.2, -0.15) is 4.98 Å². The van der Waals surface area contributed by atoms with Crippen LogP contribution >= 0.6 is 0 Å². The van der Waals surface area contributed by atoms with Gasteiger partial charge in [-0.3, -0.25) is 19.5 Å². The molecule has 3 rings (SSSR count). The summed E-state index contributed by atoms with van der Waals surface area (Å²) in [5, 5.41) is 3.93. The van der Waals surface area contributed by atoms with Crippen molar-refractivity contribution in [3.8, 4) is 11.4 Å². The number of carbonyl (C=O) groups is 2. The average molecular weight is 372 g/mol. The lowest BCUT2D eigenvalue weighted by Gasteiger charge is -2.34. The summed E-state index contributed by atoms with van der Waals surface area (Å²) < 4.78 is 5.23. The molecule has 144 valence electrons. The Morgan fingerprint density at radius 2 is 2.00 bits per heavy atom. The molecule has 3 heterocycles. The summed E-state index contributed by atoms with van der Waals surface area (Å²) in [6, 6.07) is 3.66. The molecule has 2 amide bonds. The first-order valence-electron chi connectivity index (χ1n) is 8.96. The van der Waals surface area contributed by atoms with Gasteiger partial charge in [0.2, 0.25) is 23.5 Å². The molecule has 0 radical (unpaired) electrons. The smallest absolute Gasteiger partial charge is 0.236 e. The molecule has 2 aromatic rings. The number of aromatic nitrogens is 3. The van der Waals surface area contributed by atoms with Crippen LogP contribution in [0.15, 0.2) is 29.0 Å². The number of hydrogen-bond donors (Lipinski definition) is 0. The second-order valence-electron chi connectivity index (χ2n) is 6.70. The number of piperazine rings is 1. The van der Waals surface area contributed by atoms with Crippen LogP contribution in [0.2, 0.25) is 0 Å². The molecule has 0 N–H and O–H groups in total. The van der Waals surface area contributed by atoms with Gasteiger partial charge in [0, 0.05) is 71.1 Å². The summed E-state index contributed by atoms with van der Waals surface area (Å²) in [5.74, 6) is 1.06. The van der Waals surface area contributed by atoms with E-state index in [1.807, 2.05) is 11.0 Å². The fraction of sp³-hybridized carbons (Fsp3) is 0.500. The Kier molecular flexibility index (Phi) is 6.12. The van der Waals surface area contributed by atoms with Crippen molar-refractivity contribution in [2.24, 2.45) is 0 Å². The highest BCUT2D eigenvalue weighted by Crippen LogP contribution is 2.15. The van der Waals surface area contributed by atoms with E-state index >= 15 is 0 Å². The van der Waals surface area contributed by atoms with Gasteiger partial charge in [-0.05, 0) is 12.1 Å². The van der Waals surface area contributed by atoms with E-state index in [2.05, 4.69) is 20.0 Å². The minimum absolute atomic E-state index is 0.0645. The van der Waals surface area contributed by atoms with Crippen molar-refractivity contribution in [3.05, 3.63) is 30.4 Å². The van der Waals surface area contributed by atoms with E-state index in [-0.39, 0.29) is 11.8 Å².